The van der Waals surface area contributed by atoms with Gasteiger partial charge < -0.3 is 9.47 Å². The van der Waals surface area contributed by atoms with Crippen LogP contribution in [0.25, 0.3) is 20.2 Å². The summed E-state index contributed by atoms with van der Waals surface area (Å²) in [6, 6.07) is 7.43. The molecule has 0 fully saturated rings. The number of hydrogen-bond acceptors (Lipinski definition) is 5. The summed E-state index contributed by atoms with van der Waals surface area (Å²) in [5, 5.41) is 2.14. The molecule has 0 aliphatic rings. The van der Waals surface area contributed by atoms with Gasteiger partial charge in [-0.1, -0.05) is 13.2 Å². The minimum atomic E-state index is -0.488. The van der Waals surface area contributed by atoms with Crippen LogP contribution in [0, 0.1) is 13.8 Å². The molecule has 0 unspecified atom stereocenters. The van der Waals surface area contributed by atoms with E-state index in [1.54, 1.807) is 23.5 Å². The zero-order valence-electron chi connectivity index (χ0n) is 13.9. The number of carbonyl (C=O) groups excluding carboxylic acids is 2. The van der Waals surface area contributed by atoms with Crippen molar-refractivity contribution >= 4 is 43.4 Å². The van der Waals surface area contributed by atoms with Crippen LogP contribution < -0.4 is 9.47 Å². The number of rotatable bonds is 4. The Kier molecular flexibility index (Phi) is 4.42. The van der Waals surface area contributed by atoms with Crippen LogP contribution in [0.5, 0.6) is 11.5 Å². The number of thiophene rings is 1. The third kappa shape index (κ3) is 2.94. The van der Waals surface area contributed by atoms with Gasteiger partial charge in [0.2, 0.25) is 0 Å². The smallest absolute Gasteiger partial charge is 0.335 e. The van der Waals surface area contributed by atoms with Gasteiger partial charge in [-0.15, -0.1) is 11.3 Å². The number of fused-ring (bicyclic) bond motifs is 3. The summed E-state index contributed by atoms with van der Waals surface area (Å²) in [6.07, 6.45) is 2.28. The lowest BCUT2D eigenvalue weighted by Gasteiger charge is -2.06. The van der Waals surface area contributed by atoms with Crippen molar-refractivity contribution in [2.45, 2.75) is 13.8 Å². The molecule has 2 aromatic carbocycles. The molecular weight excluding hydrogens is 336 g/mol. The van der Waals surface area contributed by atoms with Crippen LogP contribution in [0.3, 0.4) is 0 Å². The first-order chi connectivity index (χ1) is 12.0. The molecule has 0 radical (unpaired) electrons. The Bertz CT molecular complexity index is 961. The second-order valence-corrected chi connectivity index (χ2v) is 6.50. The van der Waals surface area contributed by atoms with Gasteiger partial charge in [0.1, 0.15) is 11.5 Å². The number of aryl methyl sites for hydroxylation is 2. The van der Waals surface area contributed by atoms with Crippen molar-refractivity contribution in [2.75, 3.05) is 0 Å². The fraction of sp³-hybridized carbons (Fsp3) is 0.100. The third-order valence-corrected chi connectivity index (χ3v) is 5.42. The van der Waals surface area contributed by atoms with Gasteiger partial charge in [0.05, 0.1) is 0 Å². The summed E-state index contributed by atoms with van der Waals surface area (Å²) in [7, 11) is 0. The van der Waals surface area contributed by atoms with Crippen LogP contribution in [-0.4, -0.2) is 11.9 Å². The van der Waals surface area contributed by atoms with Crippen molar-refractivity contribution in [3.63, 3.8) is 0 Å². The molecule has 0 saturated carbocycles. The maximum absolute atomic E-state index is 11.5. The third-order valence-electron chi connectivity index (χ3n) is 3.96. The van der Waals surface area contributed by atoms with Crippen molar-refractivity contribution in [1.82, 2.24) is 0 Å². The van der Waals surface area contributed by atoms with Crippen LogP contribution >= 0.6 is 11.3 Å². The summed E-state index contributed by atoms with van der Waals surface area (Å²) in [4.78, 5) is 23.0. The minimum Gasteiger partial charge on any atom is -0.423 e. The lowest BCUT2D eigenvalue weighted by molar-refractivity contribution is -0.129. The molecule has 3 aromatic rings. The van der Waals surface area contributed by atoms with Crippen LogP contribution in [0.1, 0.15) is 11.1 Å². The highest BCUT2D eigenvalue weighted by Gasteiger charge is 2.16. The van der Waals surface area contributed by atoms with E-state index in [9.17, 15) is 9.59 Å². The van der Waals surface area contributed by atoms with Crippen LogP contribution in [0.15, 0.2) is 49.6 Å². The highest BCUT2D eigenvalue weighted by Crippen LogP contribution is 2.42. The first-order valence-corrected chi connectivity index (χ1v) is 8.41. The first kappa shape index (κ1) is 16.9. The molecule has 0 N–H and O–H groups in total. The normalized spacial score (nSPS) is 10.6. The quantitative estimate of drug-likeness (QED) is 0.382. The van der Waals surface area contributed by atoms with Gasteiger partial charge in [0.25, 0.3) is 0 Å². The number of carbonyl (C=O) groups is 2. The number of benzene rings is 2. The number of esters is 2. The maximum atomic E-state index is 11.5. The Morgan fingerprint density at radius 3 is 1.60 bits per heavy atom. The van der Waals surface area contributed by atoms with E-state index in [-0.39, 0.29) is 0 Å². The van der Waals surface area contributed by atoms with Crippen LogP contribution in [0.2, 0.25) is 0 Å². The molecule has 0 atom stereocenters. The van der Waals surface area contributed by atoms with Gasteiger partial charge in [0.15, 0.2) is 0 Å². The van der Waals surface area contributed by atoms with Gasteiger partial charge >= 0.3 is 11.9 Å². The van der Waals surface area contributed by atoms with E-state index in [0.717, 1.165) is 43.5 Å². The molecule has 0 spiro atoms. The van der Waals surface area contributed by atoms with E-state index in [4.69, 9.17) is 9.47 Å². The van der Waals surface area contributed by atoms with Gasteiger partial charge in [-0.3, -0.25) is 0 Å². The van der Waals surface area contributed by atoms with E-state index in [0.29, 0.717) is 11.5 Å². The van der Waals surface area contributed by atoms with E-state index in [1.165, 1.54) is 0 Å². The SMILES string of the molecule is C=CC(=O)Oc1ccc2c(sc3c(C)c(OC(=O)C=C)ccc32)c1C. The van der Waals surface area contributed by atoms with E-state index < -0.39 is 11.9 Å². The molecule has 5 heteroatoms. The Morgan fingerprint density at radius 2 is 1.24 bits per heavy atom. The van der Waals surface area contributed by atoms with E-state index in [2.05, 4.69) is 13.2 Å². The van der Waals surface area contributed by atoms with Crippen LogP contribution in [0.4, 0.5) is 0 Å². The molecule has 0 aliphatic carbocycles. The molecule has 1 heterocycles. The molecule has 0 saturated heterocycles. The van der Waals surface area contributed by atoms with Gasteiger partial charge in [-0.25, -0.2) is 9.59 Å². The summed E-state index contributed by atoms with van der Waals surface area (Å²) in [5.41, 5.74) is 1.77. The van der Waals surface area contributed by atoms with E-state index in [1.807, 2.05) is 26.0 Å². The highest BCUT2D eigenvalue weighted by atomic mass is 32.1. The maximum Gasteiger partial charge on any atom is 0.335 e. The molecule has 25 heavy (non-hydrogen) atoms. The Labute approximate surface area is 149 Å². The fourth-order valence-electron chi connectivity index (χ4n) is 2.66. The molecule has 3 rings (SSSR count). The van der Waals surface area contributed by atoms with Crippen molar-refractivity contribution in [3.05, 3.63) is 60.7 Å². The zero-order chi connectivity index (χ0) is 18.1. The second-order valence-electron chi connectivity index (χ2n) is 5.48. The lowest BCUT2D eigenvalue weighted by Crippen LogP contribution is -2.04. The monoisotopic (exact) mass is 352 g/mol. The second kappa shape index (κ2) is 6.53. The first-order valence-electron chi connectivity index (χ1n) is 7.60. The number of ether oxygens (including phenoxy) is 2. The van der Waals surface area contributed by atoms with Gasteiger partial charge in [-0.05, 0) is 38.1 Å². The average molecular weight is 352 g/mol. The average Bonchev–Trinajstić information content (AvgIpc) is 2.99. The standard InChI is InChI=1S/C20H16O4S/c1-5-17(21)23-15-9-7-13-14-8-10-16(24-18(22)6-2)12(4)20(14)25-19(13)11(15)3/h5-10H,1-2H2,3-4H3. The molecule has 0 aliphatic heterocycles. The largest absolute Gasteiger partial charge is 0.423 e. The van der Waals surface area contributed by atoms with Crippen LogP contribution in [-0.2, 0) is 9.59 Å². The summed E-state index contributed by atoms with van der Waals surface area (Å²) < 4.78 is 12.6. The highest BCUT2D eigenvalue weighted by molar-refractivity contribution is 7.26. The number of hydrogen-bond donors (Lipinski definition) is 0. The predicted molar refractivity (Wildman–Crippen MR) is 100 cm³/mol. The summed E-state index contributed by atoms with van der Waals surface area (Å²) in [5.74, 6) is 0.0524. The topological polar surface area (TPSA) is 52.6 Å². The molecule has 1 aromatic heterocycles. The zero-order valence-corrected chi connectivity index (χ0v) is 14.7. The van der Waals surface area contributed by atoms with Crippen molar-refractivity contribution in [2.24, 2.45) is 0 Å². The minimum absolute atomic E-state index is 0.488. The molecule has 0 amide bonds. The molecular formula is C20H16O4S. The van der Waals surface area contributed by atoms with E-state index >= 15 is 0 Å². The molecule has 0 bridgehead atoms. The molecule has 126 valence electrons. The molecule has 4 nitrogen and oxygen atoms in total. The van der Waals surface area contributed by atoms with Crippen molar-refractivity contribution in [1.29, 1.82) is 0 Å². The summed E-state index contributed by atoms with van der Waals surface area (Å²) >= 11 is 1.58. The van der Waals surface area contributed by atoms with Crippen molar-refractivity contribution < 1.29 is 19.1 Å². The van der Waals surface area contributed by atoms with Gasteiger partial charge in [-0.2, -0.15) is 0 Å². The Hall–Kier alpha value is -2.92. The van der Waals surface area contributed by atoms with Crippen molar-refractivity contribution in [3.8, 4) is 11.5 Å². The fourth-order valence-corrected chi connectivity index (χ4v) is 3.95. The Balaban J connectivity index is 2.18. The lowest BCUT2D eigenvalue weighted by atomic mass is 10.1. The van der Waals surface area contributed by atoms with Gasteiger partial charge in [0, 0.05) is 43.5 Å². The predicted octanol–water partition coefficient (Wildman–Crippen LogP) is 4.85. The summed E-state index contributed by atoms with van der Waals surface area (Å²) in [6.45, 7) is 10.7. The Morgan fingerprint density at radius 1 is 0.840 bits per heavy atom.